The molecule has 1 radical (unpaired) electrons. The van der Waals surface area contributed by atoms with Crippen molar-refractivity contribution in [3.63, 3.8) is 0 Å². The molecule has 0 bridgehead atoms. The normalized spacial score (nSPS) is 20.3. The van der Waals surface area contributed by atoms with Crippen LogP contribution in [0.3, 0.4) is 0 Å². The van der Waals surface area contributed by atoms with Crippen LogP contribution >= 0.6 is 0 Å². The van der Waals surface area contributed by atoms with Crippen LogP contribution in [0.4, 0.5) is 4.39 Å². The SMILES string of the molecule is C=C1C(C)=C(c2ccc(F)c3c2C=C(C)C3)C(C([NH])=O)=CC1C. The average Bonchev–Trinajstić information content (AvgIpc) is 2.88. The molecule has 0 saturated carbocycles. The molecular weight excluding hydrogens is 289 g/mol. The van der Waals surface area contributed by atoms with E-state index in [0.29, 0.717) is 17.6 Å². The minimum atomic E-state index is -0.713. The van der Waals surface area contributed by atoms with E-state index in [2.05, 4.69) is 6.58 Å². The molecule has 2 nitrogen and oxygen atoms in total. The molecule has 0 saturated heterocycles. The predicted molar refractivity (Wildman–Crippen MR) is 90.8 cm³/mol. The van der Waals surface area contributed by atoms with Crippen molar-refractivity contribution in [2.24, 2.45) is 5.92 Å². The Morgan fingerprint density at radius 2 is 2.04 bits per heavy atom. The van der Waals surface area contributed by atoms with Crippen molar-refractivity contribution >= 4 is 17.6 Å². The molecule has 3 heteroatoms. The molecule has 1 unspecified atom stereocenters. The third-order valence-electron chi connectivity index (χ3n) is 4.75. The van der Waals surface area contributed by atoms with Crippen LogP contribution in [-0.4, -0.2) is 5.91 Å². The molecule has 117 valence electrons. The van der Waals surface area contributed by atoms with Crippen LogP contribution in [0.25, 0.3) is 11.6 Å². The van der Waals surface area contributed by atoms with Gasteiger partial charge in [-0.15, -0.1) is 0 Å². The number of benzene rings is 1. The van der Waals surface area contributed by atoms with Crippen LogP contribution < -0.4 is 5.73 Å². The predicted octanol–water partition coefficient (Wildman–Crippen LogP) is 4.50. The van der Waals surface area contributed by atoms with E-state index in [9.17, 15) is 9.18 Å². The molecule has 3 rings (SSSR count). The second kappa shape index (κ2) is 5.34. The van der Waals surface area contributed by atoms with Crippen molar-refractivity contribution < 1.29 is 9.18 Å². The van der Waals surface area contributed by atoms with Crippen LogP contribution in [0.2, 0.25) is 0 Å². The number of halogens is 1. The summed E-state index contributed by atoms with van der Waals surface area (Å²) in [5.74, 6) is -0.912. The fourth-order valence-corrected chi connectivity index (χ4v) is 3.45. The van der Waals surface area contributed by atoms with E-state index >= 15 is 0 Å². The van der Waals surface area contributed by atoms with E-state index in [1.165, 1.54) is 6.07 Å². The van der Waals surface area contributed by atoms with E-state index < -0.39 is 5.91 Å². The Labute approximate surface area is 135 Å². The van der Waals surface area contributed by atoms with Crippen molar-refractivity contribution in [1.29, 1.82) is 0 Å². The molecule has 0 heterocycles. The zero-order valence-corrected chi connectivity index (χ0v) is 13.6. The molecule has 1 aromatic carbocycles. The topological polar surface area (TPSA) is 40.9 Å². The van der Waals surface area contributed by atoms with E-state index in [1.807, 2.05) is 26.8 Å². The number of amides is 1. The van der Waals surface area contributed by atoms with Crippen LogP contribution in [0.1, 0.15) is 37.5 Å². The van der Waals surface area contributed by atoms with Gasteiger partial charge in [-0.25, -0.2) is 4.39 Å². The standard InChI is InChI=1S/C20H19FNO/c1-10-7-15-14(5-6-18(21)16(15)8-10)19-13(4)12(3)11(2)9-17(19)20(22)23/h5-7,9,11,22H,3,8H2,1-2,4H3. The van der Waals surface area contributed by atoms with E-state index in [-0.39, 0.29) is 11.7 Å². The number of carbonyl (C=O) groups is 1. The van der Waals surface area contributed by atoms with Crippen molar-refractivity contribution in [1.82, 2.24) is 5.73 Å². The molecule has 0 fully saturated rings. The molecule has 1 aromatic rings. The van der Waals surface area contributed by atoms with E-state index in [1.54, 1.807) is 12.1 Å². The summed E-state index contributed by atoms with van der Waals surface area (Å²) in [6.45, 7) is 9.96. The highest BCUT2D eigenvalue weighted by atomic mass is 19.1. The Balaban J connectivity index is 2.30. The lowest BCUT2D eigenvalue weighted by Gasteiger charge is -2.25. The highest BCUT2D eigenvalue weighted by molar-refractivity contribution is 6.11. The second-order valence-corrected chi connectivity index (χ2v) is 6.38. The quantitative estimate of drug-likeness (QED) is 0.793. The Morgan fingerprint density at radius 1 is 1.35 bits per heavy atom. The number of fused-ring (bicyclic) bond motifs is 1. The highest BCUT2D eigenvalue weighted by Gasteiger charge is 2.28. The average molecular weight is 308 g/mol. The van der Waals surface area contributed by atoms with Gasteiger partial charge in [-0.05, 0) is 65.7 Å². The molecular formula is C20H19FNO. The van der Waals surface area contributed by atoms with Gasteiger partial charge >= 0.3 is 0 Å². The minimum absolute atomic E-state index is 0.0221. The summed E-state index contributed by atoms with van der Waals surface area (Å²) in [6, 6.07) is 3.16. The summed E-state index contributed by atoms with van der Waals surface area (Å²) in [4.78, 5) is 11.9. The minimum Gasteiger partial charge on any atom is -0.267 e. The van der Waals surface area contributed by atoms with Crippen molar-refractivity contribution in [3.05, 3.63) is 69.6 Å². The Hall–Kier alpha value is -2.42. The molecule has 2 aliphatic carbocycles. The zero-order valence-electron chi connectivity index (χ0n) is 13.6. The first kappa shape index (κ1) is 15.5. The van der Waals surface area contributed by atoms with Gasteiger partial charge in [0, 0.05) is 5.57 Å². The summed E-state index contributed by atoms with van der Waals surface area (Å²) >= 11 is 0. The fourth-order valence-electron chi connectivity index (χ4n) is 3.45. The lowest BCUT2D eigenvalue weighted by atomic mass is 9.78. The van der Waals surface area contributed by atoms with Gasteiger partial charge in [0.2, 0.25) is 0 Å². The number of rotatable bonds is 2. The number of carbonyl (C=O) groups excluding carboxylic acids is 1. The molecule has 23 heavy (non-hydrogen) atoms. The first-order valence-electron chi connectivity index (χ1n) is 7.68. The molecule has 1 amide bonds. The molecule has 0 aliphatic heterocycles. The van der Waals surface area contributed by atoms with Gasteiger partial charge in [0.25, 0.3) is 5.91 Å². The maximum absolute atomic E-state index is 14.1. The number of hydrogen-bond acceptors (Lipinski definition) is 1. The smallest absolute Gasteiger partial charge is 0.267 e. The largest absolute Gasteiger partial charge is 0.270 e. The van der Waals surface area contributed by atoms with Gasteiger partial charge in [0.05, 0.1) is 0 Å². The summed E-state index contributed by atoms with van der Waals surface area (Å²) in [6.07, 6.45) is 4.36. The van der Waals surface area contributed by atoms with Crippen molar-refractivity contribution in [2.45, 2.75) is 27.2 Å². The summed E-state index contributed by atoms with van der Waals surface area (Å²) in [5, 5.41) is 0. The molecule has 0 spiro atoms. The second-order valence-electron chi connectivity index (χ2n) is 6.38. The summed E-state index contributed by atoms with van der Waals surface area (Å²) in [7, 11) is 0. The van der Waals surface area contributed by atoms with Crippen molar-refractivity contribution in [2.75, 3.05) is 0 Å². The van der Waals surface area contributed by atoms with Gasteiger partial charge in [-0.3, -0.25) is 10.5 Å². The lowest BCUT2D eigenvalue weighted by Crippen LogP contribution is -2.15. The first-order chi connectivity index (χ1) is 10.8. The van der Waals surface area contributed by atoms with E-state index in [0.717, 1.165) is 33.4 Å². The first-order valence-corrected chi connectivity index (χ1v) is 7.68. The maximum Gasteiger partial charge on any atom is 0.270 e. The third kappa shape index (κ3) is 2.37. The molecule has 1 atom stereocenters. The van der Waals surface area contributed by atoms with Crippen LogP contribution in [0.15, 0.2) is 47.1 Å². The maximum atomic E-state index is 14.1. The van der Waals surface area contributed by atoms with Crippen LogP contribution in [0, 0.1) is 11.7 Å². The van der Waals surface area contributed by atoms with Gasteiger partial charge in [0.15, 0.2) is 0 Å². The van der Waals surface area contributed by atoms with Gasteiger partial charge in [-0.2, -0.15) is 0 Å². The number of allylic oxidation sites excluding steroid dienone is 4. The third-order valence-corrected chi connectivity index (χ3v) is 4.75. The van der Waals surface area contributed by atoms with Gasteiger partial charge in [0.1, 0.15) is 5.82 Å². The molecule has 2 aliphatic rings. The Morgan fingerprint density at radius 3 is 2.70 bits per heavy atom. The van der Waals surface area contributed by atoms with Crippen LogP contribution in [0.5, 0.6) is 0 Å². The monoisotopic (exact) mass is 308 g/mol. The Kier molecular flexibility index (Phi) is 3.59. The van der Waals surface area contributed by atoms with E-state index in [4.69, 9.17) is 5.73 Å². The summed E-state index contributed by atoms with van der Waals surface area (Å²) in [5.41, 5.74) is 14.0. The molecule has 1 N–H and O–H groups in total. The Bertz CT molecular complexity index is 839. The van der Waals surface area contributed by atoms with Gasteiger partial charge in [-0.1, -0.05) is 37.3 Å². The highest BCUT2D eigenvalue weighted by Crippen LogP contribution is 2.42. The zero-order chi connectivity index (χ0) is 16.9. The summed E-state index contributed by atoms with van der Waals surface area (Å²) < 4.78 is 14.1. The fraction of sp³-hybridized carbons (Fsp3) is 0.250. The number of nitrogens with one attached hydrogen (secondary N) is 1. The number of hydrogen-bond donors (Lipinski definition) is 0. The van der Waals surface area contributed by atoms with Crippen molar-refractivity contribution in [3.8, 4) is 0 Å². The van der Waals surface area contributed by atoms with Gasteiger partial charge < -0.3 is 0 Å². The lowest BCUT2D eigenvalue weighted by molar-refractivity contribution is -0.114. The molecule has 0 aromatic heterocycles. The van der Waals surface area contributed by atoms with Crippen LogP contribution in [-0.2, 0) is 11.2 Å².